The number of hydrogen-bond donors (Lipinski definition) is 2. The number of carboxylic acid groups (broad SMARTS) is 1. The fraction of sp³-hybridized carbons (Fsp3) is 0.900. The zero-order valence-corrected chi connectivity index (χ0v) is 8.08. The molecule has 2 rings (SSSR count). The molecule has 0 aromatic rings. The summed E-state index contributed by atoms with van der Waals surface area (Å²) in [5.74, 6) is -0.427. The molecule has 2 aliphatic carbocycles. The number of aliphatic hydroxyl groups is 1. The minimum absolute atomic E-state index is 0.238. The monoisotopic (exact) mass is 184 g/mol. The van der Waals surface area contributed by atoms with Crippen molar-refractivity contribution in [1.82, 2.24) is 0 Å². The van der Waals surface area contributed by atoms with Crippen LogP contribution < -0.4 is 0 Å². The number of fused-ring (bicyclic) bond motifs is 2. The van der Waals surface area contributed by atoms with E-state index in [4.69, 9.17) is 0 Å². The van der Waals surface area contributed by atoms with E-state index in [1.54, 1.807) is 0 Å². The van der Waals surface area contributed by atoms with Crippen molar-refractivity contribution in [2.45, 2.75) is 39.2 Å². The number of carboxylic acids is 1. The first-order valence-corrected chi connectivity index (χ1v) is 4.84. The topological polar surface area (TPSA) is 57.5 Å². The van der Waals surface area contributed by atoms with Gasteiger partial charge in [-0.2, -0.15) is 0 Å². The van der Waals surface area contributed by atoms with Gasteiger partial charge in [0.15, 0.2) is 0 Å². The van der Waals surface area contributed by atoms with Crippen molar-refractivity contribution in [3.63, 3.8) is 0 Å². The first-order chi connectivity index (χ1) is 5.93. The molecule has 3 heteroatoms. The highest BCUT2D eigenvalue weighted by molar-refractivity contribution is 5.78. The summed E-state index contributed by atoms with van der Waals surface area (Å²) in [7, 11) is 0. The van der Waals surface area contributed by atoms with Crippen molar-refractivity contribution in [3.8, 4) is 0 Å². The average Bonchev–Trinajstić information content (AvgIpc) is 2.35. The van der Waals surface area contributed by atoms with Crippen LogP contribution in [0.2, 0.25) is 0 Å². The highest BCUT2D eigenvalue weighted by atomic mass is 16.4. The van der Waals surface area contributed by atoms with E-state index in [1.807, 2.05) is 13.8 Å². The number of carbonyl (C=O) groups is 1. The van der Waals surface area contributed by atoms with Crippen LogP contribution >= 0.6 is 0 Å². The Hall–Kier alpha value is -0.570. The predicted octanol–water partition coefficient (Wildman–Crippen LogP) is 1.26. The van der Waals surface area contributed by atoms with E-state index in [1.165, 1.54) is 0 Å². The lowest BCUT2D eigenvalue weighted by atomic mass is 9.68. The van der Waals surface area contributed by atoms with Gasteiger partial charge < -0.3 is 10.2 Å². The summed E-state index contributed by atoms with van der Waals surface area (Å²) in [6.07, 6.45) is 1.62. The van der Waals surface area contributed by atoms with Crippen LogP contribution in [0, 0.1) is 16.7 Å². The van der Waals surface area contributed by atoms with Gasteiger partial charge in [-0.3, -0.25) is 4.79 Å². The summed E-state index contributed by atoms with van der Waals surface area (Å²) in [5.41, 5.74) is -1.10. The molecule has 0 spiro atoms. The Morgan fingerprint density at radius 2 is 2.08 bits per heavy atom. The summed E-state index contributed by atoms with van der Waals surface area (Å²) in [4.78, 5) is 11.2. The van der Waals surface area contributed by atoms with Crippen LogP contribution in [0.15, 0.2) is 0 Å². The maximum absolute atomic E-state index is 11.2. The average molecular weight is 184 g/mol. The number of rotatable bonds is 1. The second kappa shape index (κ2) is 2.27. The van der Waals surface area contributed by atoms with Crippen LogP contribution in [0.4, 0.5) is 0 Å². The van der Waals surface area contributed by atoms with Crippen molar-refractivity contribution in [1.29, 1.82) is 0 Å². The maximum atomic E-state index is 11.2. The largest absolute Gasteiger partial charge is 0.481 e. The van der Waals surface area contributed by atoms with Gasteiger partial charge in [0.05, 0.1) is 11.5 Å². The lowest BCUT2D eigenvalue weighted by Gasteiger charge is -2.35. The zero-order chi connectivity index (χ0) is 9.85. The molecule has 2 bridgehead atoms. The molecular formula is C10H16O3. The number of aliphatic hydroxyl groups excluding tert-OH is 1. The molecule has 0 aliphatic heterocycles. The molecular weight excluding hydrogens is 168 g/mol. The van der Waals surface area contributed by atoms with Crippen molar-refractivity contribution in [3.05, 3.63) is 0 Å². The Kier molecular flexibility index (Phi) is 1.57. The molecule has 3 nitrogen and oxygen atoms in total. The number of hydrogen-bond acceptors (Lipinski definition) is 2. The standard InChI is InChI=1S/C10H16O3/c1-9(2)6-3-4-10(9,8(12)13)7(11)5-6/h6-7,11H,3-5H2,1-2H3,(H,12,13)/t6-,7+,10-/m0/s1. The molecule has 2 N–H and O–H groups in total. The summed E-state index contributed by atoms with van der Waals surface area (Å²) >= 11 is 0. The molecule has 0 saturated heterocycles. The number of aliphatic carboxylic acids is 1. The van der Waals surface area contributed by atoms with E-state index < -0.39 is 17.5 Å². The maximum Gasteiger partial charge on any atom is 0.312 e. The molecule has 0 amide bonds. The van der Waals surface area contributed by atoms with Crippen molar-refractivity contribution < 1.29 is 15.0 Å². The lowest BCUT2D eigenvalue weighted by Crippen LogP contribution is -2.45. The van der Waals surface area contributed by atoms with Crippen LogP contribution in [0.1, 0.15) is 33.1 Å². The summed E-state index contributed by atoms with van der Waals surface area (Å²) in [5, 5.41) is 19.0. The minimum atomic E-state index is -0.863. The van der Waals surface area contributed by atoms with Gasteiger partial charge in [-0.15, -0.1) is 0 Å². The van der Waals surface area contributed by atoms with Crippen LogP contribution in [-0.2, 0) is 4.79 Å². The normalized spacial score (nSPS) is 46.7. The van der Waals surface area contributed by atoms with Crippen LogP contribution in [-0.4, -0.2) is 22.3 Å². The molecule has 74 valence electrons. The van der Waals surface area contributed by atoms with E-state index in [2.05, 4.69) is 0 Å². The molecule has 2 fully saturated rings. The predicted molar refractivity (Wildman–Crippen MR) is 47.2 cm³/mol. The Balaban J connectivity index is 2.49. The molecule has 0 aromatic heterocycles. The third-order valence-electron chi connectivity index (χ3n) is 4.52. The Labute approximate surface area is 77.8 Å². The molecule has 3 atom stereocenters. The summed E-state index contributed by atoms with van der Waals surface area (Å²) < 4.78 is 0. The Morgan fingerprint density at radius 3 is 2.31 bits per heavy atom. The van der Waals surface area contributed by atoms with Crippen molar-refractivity contribution in [2.24, 2.45) is 16.7 Å². The fourth-order valence-corrected chi connectivity index (χ4v) is 3.45. The van der Waals surface area contributed by atoms with Crippen molar-refractivity contribution in [2.75, 3.05) is 0 Å². The van der Waals surface area contributed by atoms with Gasteiger partial charge in [-0.05, 0) is 30.6 Å². The third-order valence-corrected chi connectivity index (χ3v) is 4.52. The molecule has 0 aromatic carbocycles. The SMILES string of the molecule is CC1(C)[C@H]2CC[C@@]1(C(=O)O)[C@H](O)C2. The van der Waals surface area contributed by atoms with Gasteiger partial charge in [-0.25, -0.2) is 0 Å². The molecule has 2 saturated carbocycles. The summed E-state index contributed by atoms with van der Waals surface area (Å²) in [6, 6.07) is 0. The third kappa shape index (κ3) is 0.766. The smallest absolute Gasteiger partial charge is 0.312 e. The highest BCUT2D eigenvalue weighted by Crippen LogP contribution is 2.65. The van der Waals surface area contributed by atoms with E-state index in [0.717, 1.165) is 6.42 Å². The highest BCUT2D eigenvalue weighted by Gasteiger charge is 2.68. The lowest BCUT2D eigenvalue weighted by molar-refractivity contribution is -0.161. The molecule has 2 aliphatic rings. The van der Waals surface area contributed by atoms with E-state index in [9.17, 15) is 15.0 Å². The van der Waals surface area contributed by atoms with Gasteiger partial charge in [0, 0.05) is 0 Å². The Morgan fingerprint density at radius 1 is 1.46 bits per heavy atom. The van der Waals surface area contributed by atoms with Gasteiger partial charge in [0.25, 0.3) is 0 Å². The van der Waals surface area contributed by atoms with E-state index >= 15 is 0 Å². The first kappa shape index (κ1) is 9.00. The molecule has 0 unspecified atom stereocenters. The molecule has 0 radical (unpaired) electrons. The first-order valence-electron chi connectivity index (χ1n) is 4.84. The van der Waals surface area contributed by atoms with Crippen LogP contribution in [0.25, 0.3) is 0 Å². The molecule has 13 heavy (non-hydrogen) atoms. The van der Waals surface area contributed by atoms with Crippen LogP contribution in [0.5, 0.6) is 0 Å². The zero-order valence-electron chi connectivity index (χ0n) is 8.08. The Bertz CT molecular complexity index is 259. The second-order valence-electron chi connectivity index (χ2n) is 4.99. The quantitative estimate of drug-likeness (QED) is 0.645. The van der Waals surface area contributed by atoms with Gasteiger partial charge in [-0.1, -0.05) is 13.8 Å². The van der Waals surface area contributed by atoms with Crippen LogP contribution in [0.3, 0.4) is 0 Å². The van der Waals surface area contributed by atoms with E-state index in [-0.39, 0.29) is 5.41 Å². The van der Waals surface area contributed by atoms with Gasteiger partial charge in [0.2, 0.25) is 0 Å². The fourth-order valence-electron chi connectivity index (χ4n) is 3.45. The van der Waals surface area contributed by atoms with Gasteiger partial charge in [0.1, 0.15) is 0 Å². The molecule has 0 heterocycles. The minimum Gasteiger partial charge on any atom is -0.481 e. The second-order valence-corrected chi connectivity index (χ2v) is 4.99. The van der Waals surface area contributed by atoms with Gasteiger partial charge >= 0.3 is 5.97 Å². The van der Waals surface area contributed by atoms with Crippen molar-refractivity contribution >= 4 is 5.97 Å². The summed E-state index contributed by atoms with van der Waals surface area (Å²) in [6.45, 7) is 3.96. The van der Waals surface area contributed by atoms with E-state index in [0.29, 0.717) is 18.8 Å².